The molecule has 2 fully saturated rings. The van der Waals surface area contributed by atoms with Crippen LogP contribution >= 0.6 is 0 Å². The third-order valence-corrected chi connectivity index (χ3v) is 5.07. The molecule has 2 aliphatic heterocycles. The fourth-order valence-electron chi connectivity index (χ4n) is 3.57. The number of nitrogens with zero attached hydrogens (tertiary/aromatic N) is 4. The number of piperidine rings is 1. The lowest BCUT2D eigenvalue weighted by atomic mass is 10.0. The first-order valence-corrected chi connectivity index (χ1v) is 9.48. The Morgan fingerprint density at radius 2 is 1.78 bits per heavy atom. The fourth-order valence-corrected chi connectivity index (χ4v) is 3.57. The van der Waals surface area contributed by atoms with Crippen molar-refractivity contribution in [2.45, 2.75) is 19.3 Å². The number of aromatic nitrogens is 2. The molecular formula is C20H23FN4O2. The van der Waals surface area contributed by atoms with Crippen molar-refractivity contribution in [2.24, 2.45) is 0 Å². The summed E-state index contributed by atoms with van der Waals surface area (Å²) in [6.07, 6.45) is 4.67. The third kappa shape index (κ3) is 3.78. The molecule has 0 aliphatic carbocycles. The normalized spacial score (nSPS) is 17.8. The molecule has 0 spiro atoms. The van der Waals surface area contributed by atoms with E-state index in [2.05, 4.69) is 9.97 Å². The topological polar surface area (TPSA) is 58.6 Å². The van der Waals surface area contributed by atoms with Crippen molar-refractivity contribution in [3.05, 3.63) is 41.8 Å². The van der Waals surface area contributed by atoms with Crippen molar-refractivity contribution in [2.75, 3.05) is 44.3 Å². The Bertz CT molecular complexity index is 817. The highest BCUT2D eigenvalue weighted by Crippen LogP contribution is 2.28. The smallest absolute Gasteiger partial charge is 0.257 e. The highest BCUT2D eigenvalue weighted by molar-refractivity contribution is 6.00. The molecule has 0 bridgehead atoms. The summed E-state index contributed by atoms with van der Waals surface area (Å²) in [7, 11) is 0. The van der Waals surface area contributed by atoms with Crippen LogP contribution in [0.3, 0.4) is 0 Å². The Balaban J connectivity index is 1.75. The van der Waals surface area contributed by atoms with Crippen LogP contribution in [0, 0.1) is 5.82 Å². The lowest BCUT2D eigenvalue weighted by Crippen LogP contribution is -2.38. The average Bonchev–Trinajstić information content (AvgIpc) is 2.74. The van der Waals surface area contributed by atoms with Crippen LogP contribution in [-0.4, -0.2) is 60.2 Å². The van der Waals surface area contributed by atoms with Gasteiger partial charge in [-0.2, -0.15) is 0 Å². The Morgan fingerprint density at radius 3 is 2.52 bits per heavy atom. The van der Waals surface area contributed by atoms with E-state index in [0.717, 1.165) is 32.4 Å². The van der Waals surface area contributed by atoms with E-state index in [9.17, 15) is 9.18 Å². The average molecular weight is 370 g/mol. The van der Waals surface area contributed by atoms with Crippen LogP contribution in [0.15, 0.2) is 30.5 Å². The third-order valence-electron chi connectivity index (χ3n) is 5.07. The minimum Gasteiger partial charge on any atom is -0.378 e. The van der Waals surface area contributed by atoms with E-state index in [1.807, 2.05) is 9.80 Å². The van der Waals surface area contributed by atoms with Gasteiger partial charge in [0.05, 0.1) is 24.5 Å². The zero-order valence-corrected chi connectivity index (χ0v) is 15.2. The molecule has 1 aromatic heterocycles. The van der Waals surface area contributed by atoms with E-state index in [1.54, 1.807) is 24.4 Å². The SMILES string of the molecule is O=C(c1cnc(N2CCOCC2)nc1-c1ccccc1F)N1CCCCC1. The Kier molecular flexibility index (Phi) is 5.29. The van der Waals surface area contributed by atoms with Crippen LogP contribution in [0.4, 0.5) is 10.3 Å². The maximum Gasteiger partial charge on any atom is 0.257 e. The number of anilines is 1. The van der Waals surface area contributed by atoms with Crippen molar-refractivity contribution in [1.82, 2.24) is 14.9 Å². The number of carbonyl (C=O) groups excluding carboxylic acids is 1. The van der Waals surface area contributed by atoms with Crippen molar-refractivity contribution >= 4 is 11.9 Å². The van der Waals surface area contributed by atoms with Crippen molar-refractivity contribution < 1.29 is 13.9 Å². The second-order valence-electron chi connectivity index (χ2n) is 6.86. The second-order valence-corrected chi connectivity index (χ2v) is 6.86. The van der Waals surface area contributed by atoms with E-state index in [-0.39, 0.29) is 5.91 Å². The quantitative estimate of drug-likeness (QED) is 0.832. The molecule has 0 radical (unpaired) electrons. The number of hydrogen-bond donors (Lipinski definition) is 0. The number of rotatable bonds is 3. The molecule has 142 valence electrons. The largest absolute Gasteiger partial charge is 0.378 e. The molecule has 1 aromatic carbocycles. The first kappa shape index (κ1) is 17.9. The number of halogens is 1. The number of benzene rings is 1. The highest BCUT2D eigenvalue weighted by Gasteiger charge is 2.25. The predicted molar refractivity (Wildman–Crippen MR) is 100 cm³/mol. The van der Waals surface area contributed by atoms with Gasteiger partial charge >= 0.3 is 0 Å². The van der Waals surface area contributed by atoms with Crippen LogP contribution in [0.1, 0.15) is 29.6 Å². The van der Waals surface area contributed by atoms with Gasteiger partial charge in [0.1, 0.15) is 5.82 Å². The Morgan fingerprint density at radius 1 is 1.04 bits per heavy atom. The van der Waals surface area contributed by atoms with Crippen molar-refractivity contribution in [1.29, 1.82) is 0 Å². The van der Waals surface area contributed by atoms with Crippen LogP contribution < -0.4 is 4.90 Å². The zero-order valence-electron chi connectivity index (χ0n) is 15.2. The number of amides is 1. The summed E-state index contributed by atoms with van der Waals surface area (Å²) in [4.78, 5) is 25.9. The zero-order chi connectivity index (χ0) is 18.6. The van der Waals surface area contributed by atoms with Gasteiger partial charge in [-0.25, -0.2) is 14.4 Å². The van der Waals surface area contributed by atoms with E-state index < -0.39 is 5.82 Å². The summed E-state index contributed by atoms with van der Waals surface area (Å²) < 4.78 is 19.9. The van der Waals surface area contributed by atoms with E-state index >= 15 is 0 Å². The molecule has 27 heavy (non-hydrogen) atoms. The van der Waals surface area contributed by atoms with Crippen molar-refractivity contribution in [3.8, 4) is 11.3 Å². The Hall–Kier alpha value is -2.54. The fraction of sp³-hybridized carbons (Fsp3) is 0.450. The molecule has 0 unspecified atom stereocenters. The van der Waals surface area contributed by atoms with Gasteiger partial charge in [0.15, 0.2) is 0 Å². The molecular weight excluding hydrogens is 347 g/mol. The molecule has 4 rings (SSSR count). The van der Waals surface area contributed by atoms with Crippen LogP contribution in [-0.2, 0) is 4.74 Å². The lowest BCUT2D eigenvalue weighted by Gasteiger charge is -2.29. The van der Waals surface area contributed by atoms with Gasteiger partial charge in [-0.15, -0.1) is 0 Å². The summed E-state index contributed by atoms with van der Waals surface area (Å²) in [5.74, 6) is -0.00921. The molecule has 0 atom stereocenters. The van der Waals surface area contributed by atoms with Crippen LogP contribution in [0.25, 0.3) is 11.3 Å². The number of carbonyl (C=O) groups is 1. The van der Waals surface area contributed by atoms with Gasteiger partial charge in [0.25, 0.3) is 5.91 Å². The second kappa shape index (κ2) is 8.00. The minimum absolute atomic E-state index is 0.124. The number of likely N-dealkylation sites (tertiary alicyclic amines) is 1. The number of morpholine rings is 1. The van der Waals surface area contributed by atoms with Gasteiger partial charge in [0.2, 0.25) is 5.95 Å². The standard InChI is InChI=1S/C20H23FN4O2/c21-17-7-3-2-6-15(17)18-16(19(26)24-8-4-1-5-9-24)14-22-20(23-18)25-10-12-27-13-11-25/h2-3,6-7,14H,1,4-5,8-13H2. The highest BCUT2D eigenvalue weighted by atomic mass is 19.1. The minimum atomic E-state index is -0.392. The van der Waals surface area contributed by atoms with Gasteiger partial charge in [-0.3, -0.25) is 4.79 Å². The summed E-state index contributed by atoms with van der Waals surface area (Å²) >= 11 is 0. The maximum absolute atomic E-state index is 14.5. The first-order chi connectivity index (χ1) is 13.2. The maximum atomic E-state index is 14.5. The summed E-state index contributed by atoms with van der Waals surface area (Å²) in [5.41, 5.74) is 1.05. The predicted octanol–water partition coefficient (Wildman–Crippen LogP) is 2.75. The number of hydrogen-bond acceptors (Lipinski definition) is 5. The van der Waals surface area contributed by atoms with Gasteiger partial charge < -0.3 is 14.5 Å². The van der Waals surface area contributed by atoms with Crippen LogP contribution in [0.5, 0.6) is 0 Å². The molecule has 6 nitrogen and oxygen atoms in total. The van der Waals surface area contributed by atoms with E-state index in [4.69, 9.17) is 4.74 Å². The Labute approximate surface area is 158 Å². The van der Waals surface area contributed by atoms with E-state index in [0.29, 0.717) is 49.1 Å². The summed E-state index contributed by atoms with van der Waals surface area (Å²) in [6.45, 7) is 4.01. The molecule has 0 saturated carbocycles. The van der Waals surface area contributed by atoms with Gasteiger partial charge in [-0.1, -0.05) is 12.1 Å². The first-order valence-electron chi connectivity index (χ1n) is 9.48. The lowest BCUT2D eigenvalue weighted by molar-refractivity contribution is 0.0724. The van der Waals surface area contributed by atoms with Crippen LogP contribution in [0.2, 0.25) is 0 Å². The van der Waals surface area contributed by atoms with Gasteiger partial charge in [-0.05, 0) is 31.4 Å². The van der Waals surface area contributed by atoms with Crippen molar-refractivity contribution in [3.63, 3.8) is 0 Å². The van der Waals surface area contributed by atoms with Gasteiger partial charge in [0, 0.05) is 37.9 Å². The molecule has 0 N–H and O–H groups in total. The summed E-state index contributed by atoms with van der Waals surface area (Å²) in [5, 5.41) is 0. The molecule has 2 aliphatic rings. The molecule has 1 amide bonds. The van der Waals surface area contributed by atoms with E-state index in [1.165, 1.54) is 6.07 Å². The molecule has 2 saturated heterocycles. The molecule has 2 aromatic rings. The number of ether oxygens (including phenoxy) is 1. The monoisotopic (exact) mass is 370 g/mol. The summed E-state index contributed by atoms with van der Waals surface area (Å²) in [6, 6.07) is 6.44. The molecule has 7 heteroatoms. The molecule has 3 heterocycles.